The number of aromatic nitrogens is 4. The Labute approximate surface area is 125 Å². The first kappa shape index (κ1) is 13.4. The van der Waals surface area contributed by atoms with E-state index in [2.05, 4.69) is 46.7 Å². The van der Waals surface area contributed by atoms with E-state index in [0.717, 1.165) is 10.3 Å². The van der Waals surface area contributed by atoms with E-state index in [1.54, 1.807) is 6.20 Å². The van der Waals surface area contributed by atoms with Crippen molar-refractivity contribution in [2.75, 3.05) is 10.6 Å². The molecule has 0 spiro atoms. The van der Waals surface area contributed by atoms with E-state index in [1.807, 2.05) is 19.9 Å². The average Bonchev–Trinajstić information content (AvgIpc) is 3.14. The van der Waals surface area contributed by atoms with Crippen LogP contribution in [0.2, 0.25) is 0 Å². The van der Waals surface area contributed by atoms with Crippen molar-refractivity contribution in [1.29, 1.82) is 0 Å². The van der Waals surface area contributed by atoms with Gasteiger partial charge in [0.25, 0.3) is 0 Å². The minimum Gasteiger partial charge on any atom is -0.352 e. The molecular weight excluding hydrogens is 320 g/mol. The van der Waals surface area contributed by atoms with Gasteiger partial charge in [0.05, 0.1) is 4.47 Å². The van der Waals surface area contributed by atoms with Crippen LogP contribution in [0.25, 0.3) is 0 Å². The molecule has 0 aromatic carbocycles. The molecule has 1 aliphatic carbocycles. The number of H-pyrrole nitrogens is 1. The molecule has 6 nitrogen and oxygen atoms in total. The number of anilines is 3. The van der Waals surface area contributed by atoms with Gasteiger partial charge in [-0.3, -0.25) is 5.10 Å². The van der Waals surface area contributed by atoms with Crippen molar-refractivity contribution in [3.63, 3.8) is 0 Å². The molecule has 1 aliphatic rings. The van der Waals surface area contributed by atoms with Crippen LogP contribution in [0, 0.1) is 0 Å². The Morgan fingerprint density at radius 1 is 1.40 bits per heavy atom. The van der Waals surface area contributed by atoms with Crippen molar-refractivity contribution in [1.82, 2.24) is 20.2 Å². The molecule has 2 aromatic rings. The molecule has 20 heavy (non-hydrogen) atoms. The topological polar surface area (TPSA) is 78.5 Å². The second kappa shape index (κ2) is 5.40. The lowest BCUT2D eigenvalue weighted by Gasteiger charge is -2.10. The molecule has 2 heterocycles. The van der Waals surface area contributed by atoms with Crippen LogP contribution in [0.3, 0.4) is 0 Å². The Morgan fingerprint density at radius 2 is 2.20 bits per heavy atom. The number of aromatic amines is 1. The average molecular weight is 337 g/mol. The largest absolute Gasteiger partial charge is 0.352 e. The third-order valence-corrected chi connectivity index (χ3v) is 3.60. The number of nitrogens with one attached hydrogen (secondary N) is 3. The zero-order valence-electron chi connectivity index (χ0n) is 11.4. The van der Waals surface area contributed by atoms with Crippen LogP contribution < -0.4 is 10.6 Å². The predicted octanol–water partition coefficient (Wildman–Crippen LogP) is 3.40. The van der Waals surface area contributed by atoms with E-state index in [4.69, 9.17) is 0 Å². The van der Waals surface area contributed by atoms with Gasteiger partial charge in [-0.25, -0.2) is 4.98 Å². The zero-order chi connectivity index (χ0) is 14.1. The van der Waals surface area contributed by atoms with E-state index in [-0.39, 0.29) is 6.04 Å². The lowest BCUT2D eigenvalue weighted by Crippen LogP contribution is -2.13. The summed E-state index contributed by atoms with van der Waals surface area (Å²) in [6.07, 6.45) is 4.23. The number of halogens is 1. The molecule has 2 aromatic heterocycles. The highest BCUT2D eigenvalue weighted by Gasteiger charge is 2.25. The maximum absolute atomic E-state index is 4.44. The fourth-order valence-corrected chi connectivity index (χ4v) is 2.20. The smallest absolute Gasteiger partial charge is 0.224 e. The van der Waals surface area contributed by atoms with Gasteiger partial charge in [-0.15, -0.1) is 0 Å². The summed E-state index contributed by atoms with van der Waals surface area (Å²) in [4.78, 5) is 8.67. The summed E-state index contributed by atoms with van der Waals surface area (Å²) in [6, 6.07) is 2.33. The van der Waals surface area contributed by atoms with Gasteiger partial charge < -0.3 is 10.6 Å². The Balaban J connectivity index is 1.77. The van der Waals surface area contributed by atoms with Gasteiger partial charge in [0.2, 0.25) is 5.95 Å². The Hall–Kier alpha value is -1.63. The Morgan fingerprint density at radius 3 is 2.90 bits per heavy atom. The van der Waals surface area contributed by atoms with Crippen molar-refractivity contribution in [2.24, 2.45) is 0 Å². The molecule has 3 rings (SSSR count). The standard InChI is InChI=1S/C13H17BrN6/c1-7(2)16-13-15-6-9(14)12(18-13)17-11-5-10(19-20-11)8-3-4-8/h5-8H,3-4H2,1-2H3,(H3,15,16,17,18,19,20). The second-order valence-electron chi connectivity index (χ2n) is 5.30. The highest BCUT2D eigenvalue weighted by atomic mass is 79.9. The first-order valence-electron chi connectivity index (χ1n) is 6.73. The van der Waals surface area contributed by atoms with Gasteiger partial charge in [0, 0.05) is 29.9 Å². The molecule has 7 heteroatoms. The minimum absolute atomic E-state index is 0.288. The predicted molar refractivity (Wildman–Crippen MR) is 82.3 cm³/mol. The molecule has 1 saturated carbocycles. The van der Waals surface area contributed by atoms with E-state index in [0.29, 0.717) is 17.7 Å². The second-order valence-corrected chi connectivity index (χ2v) is 6.15. The van der Waals surface area contributed by atoms with Gasteiger partial charge in [-0.2, -0.15) is 10.1 Å². The van der Waals surface area contributed by atoms with Crippen LogP contribution in [0.1, 0.15) is 38.3 Å². The fourth-order valence-electron chi connectivity index (χ4n) is 1.91. The first-order chi connectivity index (χ1) is 9.61. The number of hydrogen-bond acceptors (Lipinski definition) is 5. The fraction of sp³-hybridized carbons (Fsp3) is 0.462. The third kappa shape index (κ3) is 3.09. The van der Waals surface area contributed by atoms with E-state index >= 15 is 0 Å². The molecule has 0 aliphatic heterocycles. The number of hydrogen-bond donors (Lipinski definition) is 3. The summed E-state index contributed by atoms with van der Waals surface area (Å²) in [5.74, 6) is 2.74. The van der Waals surface area contributed by atoms with E-state index < -0.39 is 0 Å². The maximum atomic E-state index is 4.44. The van der Waals surface area contributed by atoms with Crippen molar-refractivity contribution in [2.45, 2.75) is 38.6 Å². The van der Waals surface area contributed by atoms with Crippen LogP contribution >= 0.6 is 15.9 Å². The summed E-state index contributed by atoms with van der Waals surface area (Å²) >= 11 is 3.45. The van der Waals surface area contributed by atoms with Crippen LogP contribution in [0.4, 0.5) is 17.6 Å². The Kier molecular flexibility index (Phi) is 3.60. The van der Waals surface area contributed by atoms with Crippen LogP contribution in [-0.2, 0) is 0 Å². The summed E-state index contributed by atoms with van der Waals surface area (Å²) in [7, 11) is 0. The Bertz CT molecular complexity index is 605. The van der Waals surface area contributed by atoms with E-state index in [1.165, 1.54) is 18.5 Å². The highest BCUT2D eigenvalue weighted by molar-refractivity contribution is 9.10. The molecule has 0 unspecified atom stereocenters. The highest BCUT2D eigenvalue weighted by Crippen LogP contribution is 2.39. The van der Waals surface area contributed by atoms with Gasteiger partial charge in [0.15, 0.2) is 11.6 Å². The normalized spacial score (nSPS) is 14.6. The van der Waals surface area contributed by atoms with Crippen molar-refractivity contribution < 1.29 is 0 Å². The number of rotatable bonds is 5. The maximum Gasteiger partial charge on any atom is 0.224 e. The molecule has 0 bridgehead atoms. The van der Waals surface area contributed by atoms with Crippen molar-refractivity contribution in [3.05, 3.63) is 22.4 Å². The summed E-state index contributed by atoms with van der Waals surface area (Å²) in [5, 5.41) is 13.7. The quantitative estimate of drug-likeness (QED) is 0.779. The summed E-state index contributed by atoms with van der Waals surface area (Å²) < 4.78 is 0.808. The molecule has 0 atom stereocenters. The van der Waals surface area contributed by atoms with Gasteiger partial charge in [-0.05, 0) is 42.6 Å². The summed E-state index contributed by atoms with van der Waals surface area (Å²) in [6.45, 7) is 4.10. The monoisotopic (exact) mass is 336 g/mol. The van der Waals surface area contributed by atoms with Crippen molar-refractivity contribution >= 4 is 33.5 Å². The lowest BCUT2D eigenvalue weighted by molar-refractivity contribution is 0.874. The molecule has 0 saturated heterocycles. The zero-order valence-corrected chi connectivity index (χ0v) is 13.0. The van der Waals surface area contributed by atoms with Crippen LogP contribution in [-0.4, -0.2) is 26.2 Å². The summed E-state index contributed by atoms with van der Waals surface area (Å²) in [5.41, 5.74) is 1.19. The van der Waals surface area contributed by atoms with Crippen LogP contribution in [0.5, 0.6) is 0 Å². The molecule has 0 radical (unpaired) electrons. The first-order valence-corrected chi connectivity index (χ1v) is 7.52. The van der Waals surface area contributed by atoms with Gasteiger partial charge in [-0.1, -0.05) is 0 Å². The number of nitrogens with zero attached hydrogens (tertiary/aromatic N) is 3. The van der Waals surface area contributed by atoms with Gasteiger partial charge >= 0.3 is 0 Å². The van der Waals surface area contributed by atoms with E-state index in [9.17, 15) is 0 Å². The lowest BCUT2D eigenvalue weighted by atomic mass is 10.3. The molecule has 1 fully saturated rings. The molecule has 3 N–H and O–H groups in total. The molecule has 106 valence electrons. The van der Waals surface area contributed by atoms with Gasteiger partial charge in [0.1, 0.15) is 0 Å². The minimum atomic E-state index is 0.288. The third-order valence-electron chi connectivity index (χ3n) is 3.02. The van der Waals surface area contributed by atoms with Crippen LogP contribution in [0.15, 0.2) is 16.7 Å². The molecular formula is C13H17BrN6. The SMILES string of the molecule is CC(C)Nc1ncc(Br)c(Nc2cc(C3CC3)[nH]n2)n1. The van der Waals surface area contributed by atoms with Crippen molar-refractivity contribution in [3.8, 4) is 0 Å². The molecule has 0 amide bonds.